The Balaban J connectivity index is 2.32. The van der Waals surface area contributed by atoms with E-state index in [1.807, 2.05) is 24.3 Å². The van der Waals surface area contributed by atoms with Crippen LogP contribution in [0.15, 0.2) is 39.5 Å². The molecule has 3 nitrogen and oxygen atoms in total. The quantitative estimate of drug-likeness (QED) is 0.506. The Morgan fingerprint density at radius 2 is 2.07 bits per heavy atom. The summed E-state index contributed by atoms with van der Waals surface area (Å²) >= 11 is 0. The van der Waals surface area contributed by atoms with Gasteiger partial charge < -0.3 is 9.15 Å². The van der Waals surface area contributed by atoms with Gasteiger partial charge in [-0.25, -0.2) is 4.79 Å². The van der Waals surface area contributed by atoms with E-state index in [0.717, 1.165) is 5.39 Å². The highest BCUT2D eigenvalue weighted by atomic mass is 16.6. The largest absolute Gasteiger partial charge is 0.422 e. The first-order chi connectivity index (χ1) is 6.84. The number of para-hydroxylation sites is 1. The van der Waals surface area contributed by atoms with E-state index in [2.05, 4.69) is 0 Å². The lowest BCUT2D eigenvalue weighted by atomic mass is 10.1. The second kappa shape index (κ2) is 2.69. The van der Waals surface area contributed by atoms with E-state index in [0.29, 0.717) is 17.8 Å². The number of fused-ring (bicyclic) bond motifs is 1. The lowest BCUT2D eigenvalue weighted by molar-refractivity contribution is 0.407. The molecular weight excluding hydrogens is 180 g/mol. The minimum absolute atomic E-state index is 0.0455. The van der Waals surface area contributed by atoms with Crippen LogP contribution >= 0.6 is 0 Å². The van der Waals surface area contributed by atoms with E-state index in [1.54, 1.807) is 6.07 Å². The van der Waals surface area contributed by atoms with Crippen molar-refractivity contribution in [3.8, 4) is 0 Å². The second-order valence-electron chi connectivity index (χ2n) is 3.35. The van der Waals surface area contributed by atoms with Crippen molar-refractivity contribution in [1.82, 2.24) is 0 Å². The highest BCUT2D eigenvalue weighted by Crippen LogP contribution is 2.28. The minimum atomic E-state index is -0.286. The second-order valence-corrected chi connectivity index (χ2v) is 3.35. The molecule has 0 aliphatic carbocycles. The summed E-state index contributed by atoms with van der Waals surface area (Å²) in [5.74, 6) is 0. The van der Waals surface area contributed by atoms with E-state index in [-0.39, 0.29) is 11.7 Å². The number of benzene rings is 1. The monoisotopic (exact) mass is 188 g/mol. The molecule has 2 aromatic rings. The molecular formula is C11H8O3. The maximum atomic E-state index is 11.5. The molecule has 3 heteroatoms. The molecule has 70 valence electrons. The van der Waals surface area contributed by atoms with Gasteiger partial charge in [0.05, 0.1) is 12.2 Å². The number of rotatable bonds is 1. The summed E-state index contributed by atoms with van der Waals surface area (Å²) < 4.78 is 10.2. The van der Waals surface area contributed by atoms with Gasteiger partial charge in [0.2, 0.25) is 0 Å². The van der Waals surface area contributed by atoms with Gasteiger partial charge in [-0.15, -0.1) is 0 Å². The zero-order valence-corrected chi connectivity index (χ0v) is 7.40. The van der Waals surface area contributed by atoms with E-state index in [1.165, 1.54) is 0 Å². The summed E-state index contributed by atoms with van der Waals surface area (Å²) in [4.78, 5) is 11.5. The number of hydrogen-bond donors (Lipinski definition) is 0. The molecule has 1 fully saturated rings. The van der Waals surface area contributed by atoms with Crippen molar-refractivity contribution in [2.45, 2.75) is 6.10 Å². The van der Waals surface area contributed by atoms with Crippen LogP contribution in [0.25, 0.3) is 11.0 Å². The summed E-state index contributed by atoms with van der Waals surface area (Å²) in [6.07, 6.45) is -0.0455. The van der Waals surface area contributed by atoms with Crippen molar-refractivity contribution >= 4 is 11.0 Å². The molecule has 1 unspecified atom stereocenters. The molecule has 1 atom stereocenters. The standard InChI is InChI=1S/C11H8O3/c12-11-8(10-6-13-10)5-7-3-1-2-4-9(7)14-11/h1-5,10H,6H2. The fraction of sp³-hybridized carbons (Fsp3) is 0.182. The van der Waals surface area contributed by atoms with Gasteiger partial charge in [0, 0.05) is 5.39 Å². The van der Waals surface area contributed by atoms with Crippen molar-refractivity contribution in [3.63, 3.8) is 0 Å². The Kier molecular flexibility index (Phi) is 1.49. The predicted octanol–water partition coefficient (Wildman–Crippen LogP) is 1.86. The van der Waals surface area contributed by atoms with Gasteiger partial charge in [-0.3, -0.25) is 0 Å². The van der Waals surface area contributed by atoms with Gasteiger partial charge in [0.25, 0.3) is 0 Å². The summed E-state index contributed by atoms with van der Waals surface area (Å²) in [6.45, 7) is 0.628. The van der Waals surface area contributed by atoms with Crippen molar-refractivity contribution < 1.29 is 9.15 Å². The topological polar surface area (TPSA) is 42.7 Å². The van der Waals surface area contributed by atoms with Crippen LogP contribution in [0.3, 0.4) is 0 Å². The van der Waals surface area contributed by atoms with E-state index in [9.17, 15) is 4.79 Å². The molecule has 14 heavy (non-hydrogen) atoms. The van der Waals surface area contributed by atoms with Gasteiger partial charge in [-0.1, -0.05) is 18.2 Å². The first-order valence-corrected chi connectivity index (χ1v) is 4.49. The average Bonchev–Trinajstić information content (AvgIpc) is 3.00. The van der Waals surface area contributed by atoms with E-state index >= 15 is 0 Å². The van der Waals surface area contributed by atoms with Crippen molar-refractivity contribution in [2.24, 2.45) is 0 Å². The van der Waals surface area contributed by atoms with Gasteiger partial charge in [-0.05, 0) is 12.1 Å². The van der Waals surface area contributed by atoms with Gasteiger partial charge in [0.1, 0.15) is 11.7 Å². The summed E-state index contributed by atoms with van der Waals surface area (Å²) in [7, 11) is 0. The van der Waals surface area contributed by atoms with Crippen LogP contribution in [0.1, 0.15) is 11.7 Å². The number of epoxide rings is 1. The highest BCUT2D eigenvalue weighted by molar-refractivity contribution is 5.76. The average molecular weight is 188 g/mol. The predicted molar refractivity (Wildman–Crippen MR) is 51.2 cm³/mol. The third-order valence-corrected chi connectivity index (χ3v) is 2.35. The van der Waals surface area contributed by atoms with Gasteiger partial charge >= 0.3 is 5.63 Å². The van der Waals surface area contributed by atoms with Crippen LogP contribution < -0.4 is 5.63 Å². The van der Waals surface area contributed by atoms with Crippen molar-refractivity contribution in [2.75, 3.05) is 6.61 Å². The van der Waals surface area contributed by atoms with Crippen LogP contribution in [0, 0.1) is 0 Å². The minimum Gasteiger partial charge on any atom is -0.422 e. The Morgan fingerprint density at radius 1 is 1.29 bits per heavy atom. The Bertz CT molecular complexity index is 537. The normalized spacial score (nSPS) is 19.9. The third-order valence-electron chi connectivity index (χ3n) is 2.35. The molecule has 0 saturated carbocycles. The van der Waals surface area contributed by atoms with Gasteiger partial charge in [0.15, 0.2) is 0 Å². The molecule has 1 aliphatic heterocycles. The SMILES string of the molecule is O=c1oc2ccccc2cc1C1CO1. The molecule has 1 aliphatic rings. The van der Waals surface area contributed by atoms with Crippen LogP contribution in [0.2, 0.25) is 0 Å². The summed E-state index contributed by atoms with van der Waals surface area (Å²) in [5.41, 5.74) is 0.969. The maximum absolute atomic E-state index is 11.5. The Hall–Kier alpha value is -1.61. The molecule has 3 rings (SSSR count). The van der Waals surface area contributed by atoms with Crippen LogP contribution in [0.5, 0.6) is 0 Å². The summed E-state index contributed by atoms with van der Waals surface area (Å²) in [5, 5.41) is 0.942. The zero-order valence-electron chi connectivity index (χ0n) is 7.40. The molecule has 2 heterocycles. The zero-order chi connectivity index (χ0) is 9.54. The molecule has 1 saturated heterocycles. The smallest absolute Gasteiger partial charge is 0.342 e. The Labute approximate surface area is 79.9 Å². The highest BCUT2D eigenvalue weighted by Gasteiger charge is 2.28. The third kappa shape index (κ3) is 1.14. The molecule has 1 aromatic heterocycles. The van der Waals surface area contributed by atoms with Crippen LogP contribution in [-0.4, -0.2) is 6.61 Å². The molecule has 0 bridgehead atoms. The van der Waals surface area contributed by atoms with Crippen LogP contribution in [-0.2, 0) is 4.74 Å². The molecule has 0 spiro atoms. The van der Waals surface area contributed by atoms with Gasteiger partial charge in [-0.2, -0.15) is 0 Å². The lowest BCUT2D eigenvalue weighted by Crippen LogP contribution is -2.05. The Morgan fingerprint density at radius 3 is 2.86 bits per heavy atom. The molecule has 0 N–H and O–H groups in total. The van der Waals surface area contributed by atoms with E-state index < -0.39 is 0 Å². The molecule has 0 amide bonds. The first-order valence-electron chi connectivity index (χ1n) is 4.49. The number of ether oxygens (including phenoxy) is 1. The molecule has 1 aromatic carbocycles. The molecule has 0 radical (unpaired) electrons. The fourth-order valence-corrected chi connectivity index (χ4v) is 1.53. The lowest BCUT2D eigenvalue weighted by Gasteiger charge is -1.97. The number of hydrogen-bond acceptors (Lipinski definition) is 3. The van der Waals surface area contributed by atoms with Crippen molar-refractivity contribution in [1.29, 1.82) is 0 Å². The van der Waals surface area contributed by atoms with Crippen molar-refractivity contribution in [3.05, 3.63) is 46.3 Å². The first kappa shape index (κ1) is 7.76. The maximum Gasteiger partial charge on any atom is 0.342 e. The van der Waals surface area contributed by atoms with E-state index in [4.69, 9.17) is 9.15 Å². The fourth-order valence-electron chi connectivity index (χ4n) is 1.53. The van der Waals surface area contributed by atoms with Crippen LogP contribution in [0.4, 0.5) is 0 Å². The summed E-state index contributed by atoms with van der Waals surface area (Å²) in [6, 6.07) is 9.32.